The molecule has 0 aliphatic rings. The Morgan fingerprint density at radius 2 is 0.870 bits per heavy atom. The maximum atomic E-state index is 6.56. The molecule has 12 rings (SSSR count). The van der Waals surface area contributed by atoms with Crippen LogP contribution < -0.4 is 0 Å². The fraction of sp³-hybridized carbons (Fsp3) is 0. The van der Waals surface area contributed by atoms with Crippen molar-refractivity contribution in [2.45, 2.75) is 0 Å². The zero-order valence-corrected chi connectivity index (χ0v) is 29.1. The predicted octanol–water partition coefficient (Wildman–Crippen LogP) is 15.1. The van der Waals surface area contributed by atoms with Gasteiger partial charge in [0.2, 0.25) is 0 Å². The van der Waals surface area contributed by atoms with Gasteiger partial charge in [0.1, 0.15) is 22.3 Å². The second-order valence-electron chi connectivity index (χ2n) is 14.3. The SMILES string of the molecule is c1cc(-c2ccc3oc4ccc5ccc6c7ccccc7oc6c5c4c3c2)cc(-c2c3ccccc3c(-c3cccc4ccccc34)c3ccccc23)c1. The molecule has 0 N–H and O–H groups in total. The van der Waals surface area contributed by atoms with Gasteiger partial charge in [-0.05, 0) is 107 Å². The predicted molar refractivity (Wildman–Crippen MR) is 227 cm³/mol. The maximum Gasteiger partial charge on any atom is 0.144 e. The van der Waals surface area contributed by atoms with Crippen molar-refractivity contribution in [1.82, 2.24) is 0 Å². The average molecular weight is 687 g/mol. The second-order valence-corrected chi connectivity index (χ2v) is 14.3. The molecule has 0 aliphatic carbocycles. The van der Waals surface area contributed by atoms with Crippen LogP contribution >= 0.6 is 0 Å². The summed E-state index contributed by atoms with van der Waals surface area (Å²) in [6.45, 7) is 0. The lowest BCUT2D eigenvalue weighted by atomic mass is 9.84. The van der Waals surface area contributed by atoms with Crippen molar-refractivity contribution in [3.8, 4) is 33.4 Å². The number of hydrogen-bond donors (Lipinski definition) is 0. The van der Waals surface area contributed by atoms with E-state index in [9.17, 15) is 0 Å². The molecule has 2 aromatic heterocycles. The highest BCUT2D eigenvalue weighted by Gasteiger charge is 2.20. The highest BCUT2D eigenvalue weighted by molar-refractivity contribution is 6.28. The van der Waals surface area contributed by atoms with E-state index in [1.54, 1.807) is 0 Å². The molecule has 2 heteroatoms. The van der Waals surface area contributed by atoms with Crippen LogP contribution in [0.2, 0.25) is 0 Å². The molecule has 0 fully saturated rings. The largest absolute Gasteiger partial charge is 0.456 e. The summed E-state index contributed by atoms with van der Waals surface area (Å²) in [5, 5.41) is 14.2. The van der Waals surface area contributed by atoms with Crippen LogP contribution in [0.25, 0.3) is 120 Å². The Morgan fingerprint density at radius 1 is 0.278 bits per heavy atom. The lowest BCUT2D eigenvalue weighted by Crippen LogP contribution is -1.92. The number of hydrogen-bond acceptors (Lipinski definition) is 2. The van der Waals surface area contributed by atoms with Crippen LogP contribution in [0.1, 0.15) is 0 Å². The second kappa shape index (κ2) is 11.2. The van der Waals surface area contributed by atoms with Crippen LogP contribution in [0.15, 0.2) is 191 Å². The maximum absolute atomic E-state index is 6.56. The van der Waals surface area contributed by atoms with Gasteiger partial charge in [-0.3, -0.25) is 0 Å². The highest BCUT2D eigenvalue weighted by atomic mass is 16.3. The molecule has 0 spiro atoms. The highest BCUT2D eigenvalue weighted by Crippen LogP contribution is 2.46. The zero-order valence-electron chi connectivity index (χ0n) is 29.1. The van der Waals surface area contributed by atoms with Crippen LogP contribution in [-0.2, 0) is 0 Å². The number of benzene rings is 10. The summed E-state index contributed by atoms with van der Waals surface area (Å²) in [6, 6.07) is 65.7. The Hall–Kier alpha value is -7.16. The quantitative estimate of drug-likeness (QED) is 0.173. The molecular weight excluding hydrogens is 657 g/mol. The zero-order chi connectivity index (χ0) is 35.3. The van der Waals surface area contributed by atoms with E-state index in [2.05, 4.69) is 170 Å². The summed E-state index contributed by atoms with van der Waals surface area (Å²) in [4.78, 5) is 0. The molecule has 0 radical (unpaired) electrons. The van der Waals surface area contributed by atoms with Crippen LogP contribution in [-0.4, -0.2) is 0 Å². The fourth-order valence-corrected chi connectivity index (χ4v) is 9.06. The summed E-state index contributed by atoms with van der Waals surface area (Å²) >= 11 is 0. The molecule has 0 unspecified atom stereocenters. The van der Waals surface area contributed by atoms with E-state index in [1.165, 1.54) is 54.6 Å². The lowest BCUT2D eigenvalue weighted by molar-refractivity contribution is 0.668. The van der Waals surface area contributed by atoms with E-state index < -0.39 is 0 Å². The molecule has 0 amide bonds. The smallest absolute Gasteiger partial charge is 0.144 e. The van der Waals surface area contributed by atoms with Crippen LogP contribution in [0.3, 0.4) is 0 Å². The topological polar surface area (TPSA) is 26.3 Å². The van der Waals surface area contributed by atoms with Crippen molar-refractivity contribution in [2.24, 2.45) is 0 Å². The Balaban J connectivity index is 1.09. The van der Waals surface area contributed by atoms with Gasteiger partial charge in [0.15, 0.2) is 0 Å². The minimum Gasteiger partial charge on any atom is -0.456 e. The van der Waals surface area contributed by atoms with Gasteiger partial charge in [0, 0.05) is 26.9 Å². The van der Waals surface area contributed by atoms with Crippen molar-refractivity contribution in [1.29, 1.82) is 0 Å². The van der Waals surface area contributed by atoms with E-state index in [4.69, 9.17) is 8.83 Å². The molecule has 0 aliphatic heterocycles. The summed E-state index contributed by atoms with van der Waals surface area (Å²) in [7, 11) is 0. The molecule has 12 aromatic rings. The molecule has 0 saturated carbocycles. The summed E-state index contributed by atoms with van der Waals surface area (Å²) in [5.74, 6) is 0. The minimum absolute atomic E-state index is 0.862. The normalized spacial score (nSPS) is 12.1. The molecule has 0 saturated heterocycles. The first kappa shape index (κ1) is 29.4. The molecule has 0 bridgehead atoms. The molecule has 54 heavy (non-hydrogen) atoms. The number of furan rings is 2. The summed E-state index contributed by atoms with van der Waals surface area (Å²) in [6.07, 6.45) is 0. The van der Waals surface area contributed by atoms with E-state index >= 15 is 0 Å². The molecule has 10 aromatic carbocycles. The third-order valence-corrected chi connectivity index (χ3v) is 11.4. The van der Waals surface area contributed by atoms with Crippen molar-refractivity contribution in [2.75, 3.05) is 0 Å². The number of rotatable bonds is 3. The number of fused-ring (bicyclic) bond motifs is 12. The molecular formula is C52H30O2. The Labute approximate surface area is 310 Å². The van der Waals surface area contributed by atoms with E-state index in [1.807, 2.05) is 12.1 Å². The first-order chi connectivity index (χ1) is 26.8. The first-order valence-electron chi connectivity index (χ1n) is 18.5. The van der Waals surface area contributed by atoms with Crippen molar-refractivity contribution in [3.63, 3.8) is 0 Å². The fourth-order valence-electron chi connectivity index (χ4n) is 9.06. The minimum atomic E-state index is 0.862. The van der Waals surface area contributed by atoms with Gasteiger partial charge < -0.3 is 8.83 Å². The van der Waals surface area contributed by atoms with E-state index in [0.29, 0.717) is 0 Å². The van der Waals surface area contributed by atoms with Gasteiger partial charge in [-0.1, -0.05) is 146 Å². The van der Waals surface area contributed by atoms with Crippen molar-refractivity contribution in [3.05, 3.63) is 182 Å². The van der Waals surface area contributed by atoms with Crippen molar-refractivity contribution < 1.29 is 8.83 Å². The van der Waals surface area contributed by atoms with E-state index in [0.717, 1.165) is 65.8 Å². The van der Waals surface area contributed by atoms with Crippen LogP contribution in [0.5, 0.6) is 0 Å². The Bertz CT molecular complexity index is 3440. The summed E-state index contributed by atoms with van der Waals surface area (Å²) < 4.78 is 13.1. The average Bonchev–Trinajstić information content (AvgIpc) is 3.81. The van der Waals surface area contributed by atoms with Gasteiger partial charge >= 0.3 is 0 Å². The molecule has 2 nitrogen and oxygen atoms in total. The summed E-state index contributed by atoms with van der Waals surface area (Å²) in [5.41, 5.74) is 10.8. The first-order valence-corrected chi connectivity index (χ1v) is 18.5. The third-order valence-electron chi connectivity index (χ3n) is 11.4. The van der Waals surface area contributed by atoms with E-state index in [-0.39, 0.29) is 0 Å². The lowest BCUT2D eigenvalue weighted by Gasteiger charge is -2.19. The molecule has 250 valence electrons. The Kier molecular flexibility index (Phi) is 6.09. The van der Waals surface area contributed by atoms with Crippen LogP contribution in [0.4, 0.5) is 0 Å². The third kappa shape index (κ3) is 4.17. The molecule has 2 heterocycles. The van der Waals surface area contributed by atoms with Gasteiger partial charge in [-0.15, -0.1) is 0 Å². The van der Waals surface area contributed by atoms with Gasteiger partial charge in [-0.2, -0.15) is 0 Å². The van der Waals surface area contributed by atoms with Gasteiger partial charge in [0.25, 0.3) is 0 Å². The standard InChI is InChI=1S/C52H30O2/c1-2-15-36-31(11-1)12-10-21-38(36)50-41-19-5-3-17-39(41)48(40-18-4-6-20-42(40)50)35-14-9-13-33(29-35)34-25-27-46-44(30-34)51-47(53-46)28-24-32-23-26-43-37-16-7-8-22-45(37)54-52(43)49(32)51/h1-30H. The molecule has 0 atom stereocenters. The Morgan fingerprint density at radius 3 is 1.69 bits per heavy atom. The van der Waals surface area contributed by atoms with Gasteiger partial charge in [0.05, 0.1) is 0 Å². The monoisotopic (exact) mass is 686 g/mol. The van der Waals surface area contributed by atoms with Crippen molar-refractivity contribution >= 4 is 87.0 Å². The van der Waals surface area contributed by atoms with Crippen LogP contribution in [0, 0.1) is 0 Å². The van der Waals surface area contributed by atoms with Gasteiger partial charge in [-0.25, -0.2) is 0 Å². The number of para-hydroxylation sites is 1.